The van der Waals surface area contributed by atoms with Gasteiger partial charge in [0, 0.05) is 17.9 Å². The second kappa shape index (κ2) is 4.82. The standard InChI is InChI=1S/C19H18O/c1-2-8-14(9-3-1)19-15-10-4-6-12-17(15)20-18-13-7-5-11-16(18)19/h1-4,6,8-10,12,19H,5,7,11,13H2/t19-/m0/s1. The molecule has 0 saturated heterocycles. The molecule has 0 N–H and O–H groups in total. The maximum atomic E-state index is 6.17. The predicted molar refractivity (Wildman–Crippen MR) is 80.8 cm³/mol. The van der Waals surface area contributed by atoms with E-state index in [9.17, 15) is 0 Å². The first-order chi connectivity index (χ1) is 9.93. The summed E-state index contributed by atoms with van der Waals surface area (Å²) in [6.45, 7) is 0. The molecular weight excluding hydrogens is 244 g/mol. The molecule has 1 aliphatic carbocycles. The van der Waals surface area contributed by atoms with Crippen LogP contribution >= 0.6 is 0 Å². The molecule has 2 aliphatic rings. The Morgan fingerprint density at radius 2 is 1.55 bits per heavy atom. The van der Waals surface area contributed by atoms with E-state index in [4.69, 9.17) is 4.74 Å². The Morgan fingerprint density at radius 3 is 2.45 bits per heavy atom. The minimum Gasteiger partial charge on any atom is -0.461 e. The van der Waals surface area contributed by atoms with Gasteiger partial charge < -0.3 is 4.74 Å². The van der Waals surface area contributed by atoms with Gasteiger partial charge in [-0.2, -0.15) is 0 Å². The van der Waals surface area contributed by atoms with Crippen LogP contribution in [0.3, 0.4) is 0 Å². The zero-order valence-corrected chi connectivity index (χ0v) is 11.5. The summed E-state index contributed by atoms with van der Waals surface area (Å²) in [5.41, 5.74) is 4.21. The Labute approximate surface area is 119 Å². The third-order valence-electron chi connectivity index (χ3n) is 4.40. The van der Waals surface area contributed by atoms with Gasteiger partial charge in [0.05, 0.1) is 0 Å². The first-order valence-electron chi connectivity index (χ1n) is 7.47. The van der Waals surface area contributed by atoms with Crippen LogP contribution in [-0.4, -0.2) is 0 Å². The monoisotopic (exact) mass is 262 g/mol. The van der Waals surface area contributed by atoms with E-state index < -0.39 is 0 Å². The van der Waals surface area contributed by atoms with Gasteiger partial charge in [-0.1, -0.05) is 48.5 Å². The predicted octanol–water partition coefficient (Wildman–Crippen LogP) is 5.04. The van der Waals surface area contributed by atoms with Gasteiger partial charge >= 0.3 is 0 Å². The minimum absolute atomic E-state index is 0.386. The molecule has 0 aromatic heterocycles. The maximum absolute atomic E-state index is 6.17. The molecule has 0 unspecified atom stereocenters. The average Bonchev–Trinajstić information content (AvgIpc) is 2.53. The van der Waals surface area contributed by atoms with Gasteiger partial charge in [-0.3, -0.25) is 0 Å². The summed E-state index contributed by atoms with van der Waals surface area (Å²) < 4.78 is 6.17. The van der Waals surface area contributed by atoms with Crippen LogP contribution in [0.25, 0.3) is 0 Å². The van der Waals surface area contributed by atoms with Crippen LogP contribution in [0.15, 0.2) is 65.9 Å². The van der Waals surface area contributed by atoms with Crippen LogP contribution in [0.5, 0.6) is 5.75 Å². The lowest BCUT2D eigenvalue weighted by atomic mass is 9.78. The molecule has 0 saturated carbocycles. The Bertz CT molecular complexity index is 654. The third kappa shape index (κ3) is 1.85. The number of rotatable bonds is 1. The summed E-state index contributed by atoms with van der Waals surface area (Å²) in [6, 6.07) is 19.3. The van der Waals surface area contributed by atoms with Gasteiger partial charge in [-0.15, -0.1) is 0 Å². The molecule has 1 aliphatic heterocycles. The van der Waals surface area contributed by atoms with Crippen molar-refractivity contribution in [2.24, 2.45) is 0 Å². The molecule has 0 radical (unpaired) electrons. The minimum atomic E-state index is 0.386. The Hall–Kier alpha value is -2.02. The molecule has 0 bridgehead atoms. The molecule has 1 atom stereocenters. The van der Waals surface area contributed by atoms with Crippen LogP contribution < -0.4 is 4.74 Å². The fourth-order valence-corrected chi connectivity index (χ4v) is 3.48. The van der Waals surface area contributed by atoms with E-state index in [0.717, 1.165) is 12.2 Å². The van der Waals surface area contributed by atoms with E-state index in [1.165, 1.54) is 41.7 Å². The van der Waals surface area contributed by atoms with Crippen molar-refractivity contribution in [1.82, 2.24) is 0 Å². The van der Waals surface area contributed by atoms with Crippen molar-refractivity contribution in [3.05, 3.63) is 77.1 Å². The van der Waals surface area contributed by atoms with Crippen molar-refractivity contribution >= 4 is 0 Å². The SMILES string of the molecule is c1ccc([C@@H]2C3=C(CCCC3)Oc3ccccc32)cc1. The lowest BCUT2D eigenvalue weighted by Gasteiger charge is -2.33. The van der Waals surface area contributed by atoms with Crippen molar-refractivity contribution in [3.8, 4) is 5.75 Å². The molecule has 1 nitrogen and oxygen atoms in total. The van der Waals surface area contributed by atoms with Crippen molar-refractivity contribution in [1.29, 1.82) is 0 Å². The lowest BCUT2D eigenvalue weighted by Crippen LogP contribution is -2.19. The Kier molecular flexibility index (Phi) is 2.84. The van der Waals surface area contributed by atoms with Gasteiger partial charge in [0.15, 0.2) is 0 Å². The highest BCUT2D eigenvalue weighted by molar-refractivity contribution is 5.52. The largest absolute Gasteiger partial charge is 0.461 e. The maximum Gasteiger partial charge on any atom is 0.131 e. The van der Waals surface area contributed by atoms with Gasteiger partial charge in [-0.05, 0) is 36.5 Å². The molecule has 0 spiro atoms. The summed E-state index contributed by atoms with van der Waals surface area (Å²) in [5.74, 6) is 2.65. The fourth-order valence-electron chi connectivity index (χ4n) is 3.48. The van der Waals surface area contributed by atoms with E-state index in [-0.39, 0.29) is 0 Å². The Balaban J connectivity index is 1.90. The second-order valence-corrected chi connectivity index (χ2v) is 5.64. The molecule has 0 fully saturated rings. The van der Waals surface area contributed by atoms with E-state index in [2.05, 4.69) is 54.6 Å². The van der Waals surface area contributed by atoms with Crippen LogP contribution in [0.2, 0.25) is 0 Å². The highest BCUT2D eigenvalue weighted by Gasteiger charge is 2.31. The number of hydrogen-bond acceptors (Lipinski definition) is 1. The summed E-state index contributed by atoms with van der Waals surface area (Å²) in [5, 5.41) is 0. The molecule has 4 rings (SSSR count). The summed E-state index contributed by atoms with van der Waals surface area (Å²) in [6.07, 6.45) is 4.80. The van der Waals surface area contributed by atoms with Crippen LogP contribution in [0, 0.1) is 0 Å². The molecule has 2 aromatic carbocycles. The van der Waals surface area contributed by atoms with E-state index in [1.807, 2.05) is 0 Å². The summed E-state index contributed by atoms with van der Waals surface area (Å²) in [7, 11) is 0. The molecule has 20 heavy (non-hydrogen) atoms. The smallest absolute Gasteiger partial charge is 0.131 e. The number of para-hydroxylation sites is 1. The fraction of sp³-hybridized carbons (Fsp3) is 0.263. The van der Waals surface area contributed by atoms with E-state index in [1.54, 1.807) is 0 Å². The third-order valence-corrected chi connectivity index (χ3v) is 4.40. The molecule has 2 aromatic rings. The van der Waals surface area contributed by atoms with Crippen LogP contribution in [0.1, 0.15) is 42.7 Å². The first-order valence-corrected chi connectivity index (χ1v) is 7.47. The van der Waals surface area contributed by atoms with Gasteiger partial charge in [0.2, 0.25) is 0 Å². The molecule has 100 valence electrons. The average molecular weight is 262 g/mol. The van der Waals surface area contributed by atoms with Crippen molar-refractivity contribution in [3.63, 3.8) is 0 Å². The highest BCUT2D eigenvalue weighted by Crippen LogP contribution is 2.47. The Morgan fingerprint density at radius 1 is 0.800 bits per heavy atom. The zero-order chi connectivity index (χ0) is 13.4. The first kappa shape index (κ1) is 11.8. The quantitative estimate of drug-likeness (QED) is 0.699. The van der Waals surface area contributed by atoms with Crippen molar-refractivity contribution < 1.29 is 4.74 Å². The second-order valence-electron chi connectivity index (χ2n) is 5.64. The topological polar surface area (TPSA) is 9.23 Å². The lowest BCUT2D eigenvalue weighted by molar-refractivity contribution is 0.350. The van der Waals surface area contributed by atoms with Crippen molar-refractivity contribution in [2.45, 2.75) is 31.6 Å². The van der Waals surface area contributed by atoms with Crippen molar-refractivity contribution in [2.75, 3.05) is 0 Å². The van der Waals surface area contributed by atoms with E-state index >= 15 is 0 Å². The highest BCUT2D eigenvalue weighted by atomic mass is 16.5. The normalized spacial score (nSPS) is 20.9. The van der Waals surface area contributed by atoms with Crippen LogP contribution in [-0.2, 0) is 0 Å². The number of ether oxygens (including phenoxy) is 1. The zero-order valence-electron chi connectivity index (χ0n) is 11.5. The summed E-state index contributed by atoms with van der Waals surface area (Å²) in [4.78, 5) is 0. The molecule has 0 amide bonds. The molecule has 1 heterocycles. The molecular formula is C19H18O. The van der Waals surface area contributed by atoms with E-state index in [0.29, 0.717) is 5.92 Å². The van der Waals surface area contributed by atoms with Gasteiger partial charge in [-0.25, -0.2) is 0 Å². The van der Waals surface area contributed by atoms with Gasteiger partial charge in [0.1, 0.15) is 11.5 Å². The van der Waals surface area contributed by atoms with Gasteiger partial charge in [0.25, 0.3) is 0 Å². The van der Waals surface area contributed by atoms with Crippen LogP contribution in [0.4, 0.5) is 0 Å². The number of hydrogen-bond donors (Lipinski definition) is 0. The number of fused-ring (bicyclic) bond motifs is 1. The summed E-state index contributed by atoms with van der Waals surface area (Å²) >= 11 is 0. The number of benzene rings is 2. The molecule has 1 heteroatoms. The number of allylic oxidation sites excluding steroid dienone is 2.